The first-order valence-electron chi connectivity index (χ1n) is 4.39. The second-order valence-corrected chi connectivity index (χ2v) is 5.43. The van der Waals surface area contributed by atoms with Crippen LogP contribution in [0.25, 0.3) is 0 Å². The molecule has 14 heavy (non-hydrogen) atoms. The zero-order chi connectivity index (χ0) is 11.2. The van der Waals surface area contributed by atoms with Crippen LogP contribution in [0.4, 0.5) is 0 Å². The summed E-state index contributed by atoms with van der Waals surface area (Å²) < 4.78 is 10.8. The van der Waals surface area contributed by atoms with E-state index in [4.69, 9.17) is 32.7 Å². The molecule has 2 unspecified atom stereocenters. The van der Waals surface area contributed by atoms with Crippen LogP contribution in [0.5, 0.6) is 0 Å². The van der Waals surface area contributed by atoms with E-state index in [9.17, 15) is 0 Å². The normalized spacial score (nSPS) is 16.7. The minimum atomic E-state index is -0.288. The van der Waals surface area contributed by atoms with Crippen LogP contribution in [0.1, 0.15) is 13.8 Å². The van der Waals surface area contributed by atoms with Gasteiger partial charge in [-0.25, -0.2) is 0 Å². The Morgan fingerprint density at radius 3 is 2.21 bits per heavy atom. The molecule has 0 fully saturated rings. The predicted octanol–water partition coefficient (Wildman–Crippen LogP) is 3.04. The smallest absolute Gasteiger partial charge is 0.0855 e. The van der Waals surface area contributed by atoms with Crippen molar-refractivity contribution < 1.29 is 9.47 Å². The summed E-state index contributed by atoms with van der Waals surface area (Å²) in [7, 11) is 1.66. The molecule has 0 saturated heterocycles. The van der Waals surface area contributed by atoms with Crippen LogP contribution >= 0.6 is 39.1 Å². The first-order valence-corrected chi connectivity index (χ1v) is 6.38. The van der Waals surface area contributed by atoms with E-state index in [-0.39, 0.29) is 16.5 Å². The molecule has 0 aromatic heterocycles. The van der Waals surface area contributed by atoms with Crippen LogP contribution in [-0.2, 0) is 9.47 Å². The highest BCUT2D eigenvalue weighted by Crippen LogP contribution is 2.16. The Morgan fingerprint density at radius 1 is 1.29 bits per heavy atom. The molecule has 0 rings (SSSR count). The fourth-order valence-electron chi connectivity index (χ4n) is 0.712. The quantitative estimate of drug-likeness (QED) is 0.673. The van der Waals surface area contributed by atoms with Gasteiger partial charge in [-0.1, -0.05) is 15.9 Å². The van der Waals surface area contributed by atoms with Gasteiger partial charge in [0.05, 0.1) is 23.1 Å². The van der Waals surface area contributed by atoms with Crippen LogP contribution in [0.2, 0.25) is 0 Å². The number of methoxy groups -OCH3 is 1. The van der Waals surface area contributed by atoms with Gasteiger partial charge in [0, 0.05) is 18.9 Å². The molecule has 0 radical (unpaired) electrons. The molecule has 0 aromatic carbocycles. The molecule has 0 heterocycles. The number of alkyl halides is 3. The SMILES string of the molecule is COC(C)(C)COC(CCl)C(Br)CCl. The second-order valence-electron chi connectivity index (χ2n) is 3.64. The monoisotopic (exact) mass is 306 g/mol. The summed E-state index contributed by atoms with van der Waals surface area (Å²) in [5.74, 6) is 0.896. The lowest BCUT2D eigenvalue weighted by Crippen LogP contribution is -2.36. The van der Waals surface area contributed by atoms with Crippen molar-refractivity contribution in [3.63, 3.8) is 0 Å². The molecule has 86 valence electrons. The number of hydrogen-bond donors (Lipinski definition) is 0. The van der Waals surface area contributed by atoms with Gasteiger partial charge in [-0.2, -0.15) is 0 Å². The lowest BCUT2D eigenvalue weighted by Gasteiger charge is -2.27. The van der Waals surface area contributed by atoms with E-state index in [1.807, 2.05) is 13.8 Å². The first-order chi connectivity index (χ1) is 6.46. The van der Waals surface area contributed by atoms with Crippen molar-refractivity contribution in [2.24, 2.45) is 0 Å². The number of halogens is 3. The molecule has 2 nitrogen and oxygen atoms in total. The maximum atomic E-state index is 5.76. The average Bonchev–Trinajstić information content (AvgIpc) is 2.18. The maximum absolute atomic E-state index is 5.76. The Labute approximate surface area is 104 Å². The van der Waals surface area contributed by atoms with Crippen molar-refractivity contribution in [2.45, 2.75) is 30.4 Å². The highest BCUT2D eigenvalue weighted by atomic mass is 79.9. The molecule has 0 saturated carbocycles. The van der Waals surface area contributed by atoms with Crippen molar-refractivity contribution in [3.05, 3.63) is 0 Å². The largest absolute Gasteiger partial charge is 0.376 e. The van der Waals surface area contributed by atoms with Gasteiger partial charge in [0.2, 0.25) is 0 Å². The summed E-state index contributed by atoms with van der Waals surface area (Å²) in [5, 5.41) is 0. The summed E-state index contributed by atoms with van der Waals surface area (Å²) in [6, 6.07) is 0. The van der Waals surface area contributed by atoms with E-state index in [0.717, 1.165) is 0 Å². The summed E-state index contributed by atoms with van der Waals surface area (Å²) in [5.41, 5.74) is -0.288. The van der Waals surface area contributed by atoms with Crippen molar-refractivity contribution >= 4 is 39.1 Å². The molecule has 2 atom stereocenters. The number of rotatable bonds is 7. The third-order valence-electron chi connectivity index (χ3n) is 1.90. The van der Waals surface area contributed by atoms with Crippen LogP contribution in [0.15, 0.2) is 0 Å². The molecule has 0 aliphatic carbocycles. The van der Waals surface area contributed by atoms with Gasteiger partial charge in [0.15, 0.2) is 0 Å². The van der Waals surface area contributed by atoms with E-state index in [1.54, 1.807) is 7.11 Å². The Bertz CT molecular complexity index is 156. The third kappa shape index (κ3) is 5.76. The molecular weight excluding hydrogens is 291 g/mol. The lowest BCUT2D eigenvalue weighted by atomic mass is 10.1. The fourth-order valence-corrected chi connectivity index (χ4v) is 1.77. The van der Waals surface area contributed by atoms with Gasteiger partial charge in [-0.3, -0.25) is 0 Å². The van der Waals surface area contributed by atoms with E-state index in [0.29, 0.717) is 18.4 Å². The predicted molar refractivity (Wildman–Crippen MR) is 65.0 cm³/mol. The summed E-state index contributed by atoms with van der Waals surface area (Å²) >= 11 is 14.9. The van der Waals surface area contributed by atoms with Gasteiger partial charge in [0.25, 0.3) is 0 Å². The van der Waals surface area contributed by atoms with Crippen LogP contribution in [0.3, 0.4) is 0 Å². The highest BCUT2D eigenvalue weighted by Gasteiger charge is 2.23. The minimum Gasteiger partial charge on any atom is -0.376 e. The molecule has 0 aromatic rings. The van der Waals surface area contributed by atoms with Gasteiger partial charge in [-0.15, -0.1) is 23.2 Å². The van der Waals surface area contributed by atoms with Crippen LogP contribution in [-0.4, -0.2) is 42.0 Å². The Morgan fingerprint density at radius 2 is 1.86 bits per heavy atom. The zero-order valence-corrected chi connectivity index (χ0v) is 11.8. The van der Waals surface area contributed by atoms with Crippen molar-refractivity contribution in [3.8, 4) is 0 Å². The van der Waals surface area contributed by atoms with Crippen LogP contribution in [0, 0.1) is 0 Å². The summed E-state index contributed by atoms with van der Waals surface area (Å²) in [4.78, 5) is 0.0781. The standard InChI is InChI=1S/C9H17BrCl2O2/c1-9(2,13-3)6-14-8(5-12)7(10)4-11/h7-8H,4-6H2,1-3H3. The Balaban J connectivity index is 3.95. The molecule has 0 bridgehead atoms. The number of ether oxygens (including phenoxy) is 2. The molecule has 0 spiro atoms. The second kappa shape index (κ2) is 7.29. The fraction of sp³-hybridized carbons (Fsp3) is 1.00. The first kappa shape index (κ1) is 15.0. The van der Waals surface area contributed by atoms with Crippen LogP contribution < -0.4 is 0 Å². The maximum Gasteiger partial charge on any atom is 0.0855 e. The lowest BCUT2D eigenvalue weighted by molar-refractivity contribution is -0.0689. The number of hydrogen-bond acceptors (Lipinski definition) is 2. The highest BCUT2D eigenvalue weighted by molar-refractivity contribution is 9.09. The van der Waals surface area contributed by atoms with E-state index in [1.165, 1.54) is 0 Å². The molecule has 5 heteroatoms. The van der Waals surface area contributed by atoms with E-state index < -0.39 is 0 Å². The van der Waals surface area contributed by atoms with Gasteiger partial charge in [-0.05, 0) is 13.8 Å². The summed E-state index contributed by atoms with van der Waals surface area (Å²) in [6.07, 6.45) is -0.0800. The molecular formula is C9H17BrCl2O2. The molecule has 0 N–H and O–H groups in total. The van der Waals surface area contributed by atoms with Gasteiger partial charge >= 0.3 is 0 Å². The van der Waals surface area contributed by atoms with Gasteiger partial charge < -0.3 is 9.47 Å². The van der Waals surface area contributed by atoms with Gasteiger partial charge in [0.1, 0.15) is 0 Å². The van der Waals surface area contributed by atoms with Crippen molar-refractivity contribution in [2.75, 3.05) is 25.5 Å². The minimum absolute atomic E-state index is 0.0781. The molecule has 0 amide bonds. The third-order valence-corrected chi connectivity index (χ3v) is 3.82. The van der Waals surface area contributed by atoms with Crippen molar-refractivity contribution in [1.29, 1.82) is 0 Å². The zero-order valence-electron chi connectivity index (χ0n) is 8.73. The topological polar surface area (TPSA) is 18.5 Å². The summed E-state index contributed by atoms with van der Waals surface area (Å²) in [6.45, 7) is 4.42. The van der Waals surface area contributed by atoms with Crippen molar-refractivity contribution in [1.82, 2.24) is 0 Å². The Kier molecular flexibility index (Phi) is 7.80. The van der Waals surface area contributed by atoms with E-state index in [2.05, 4.69) is 15.9 Å². The molecule has 0 aliphatic rings. The average molecular weight is 308 g/mol. The Hall–Kier alpha value is 0.980. The molecule has 0 aliphatic heterocycles. The van der Waals surface area contributed by atoms with E-state index >= 15 is 0 Å².